The molecule has 1 N–H and O–H groups in total. The van der Waals surface area contributed by atoms with E-state index in [0.717, 1.165) is 59.2 Å². The predicted octanol–water partition coefficient (Wildman–Crippen LogP) is 5.18. The Labute approximate surface area is 223 Å². The molecule has 2 fully saturated rings. The number of hydrogen-bond donors (Lipinski definition) is 1. The van der Waals surface area contributed by atoms with Crippen LogP contribution in [-0.2, 0) is 11.2 Å². The molecular weight excluding hydrogens is 504 g/mol. The molecule has 4 atom stereocenters. The molecule has 4 aromatic rings. The molecule has 2 aliphatic heterocycles. The molecule has 1 saturated heterocycles. The highest BCUT2D eigenvalue weighted by Gasteiger charge is 2.46. The summed E-state index contributed by atoms with van der Waals surface area (Å²) in [7, 11) is 0. The van der Waals surface area contributed by atoms with E-state index in [-0.39, 0.29) is 29.5 Å². The van der Waals surface area contributed by atoms with Gasteiger partial charge in [-0.1, -0.05) is 24.3 Å². The van der Waals surface area contributed by atoms with Crippen LogP contribution in [0.1, 0.15) is 36.7 Å². The average Bonchev–Trinajstić information content (AvgIpc) is 3.58. The number of aliphatic carboxylic acids is 1. The smallest absolute Gasteiger partial charge is 0.387 e. The molecule has 0 radical (unpaired) electrons. The van der Waals surface area contributed by atoms with Gasteiger partial charge in [-0.05, 0) is 54.9 Å². The number of hydrogen-bond acceptors (Lipinski definition) is 6. The molecule has 0 amide bonds. The van der Waals surface area contributed by atoms with Crippen molar-refractivity contribution in [1.82, 2.24) is 19.5 Å². The van der Waals surface area contributed by atoms with Crippen LogP contribution in [0.2, 0.25) is 0 Å². The van der Waals surface area contributed by atoms with E-state index in [1.807, 2.05) is 24.3 Å². The van der Waals surface area contributed by atoms with Crippen LogP contribution in [0.15, 0.2) is 54.9 Å². The molecule has 0 spiro atoms. The lowest BCUT2D eigenvalue weighted by Gasteiger charge is -2.35. The van der Waals surface area contributed by atoms with Crippen LogP contribution in [0.25, 0.3) is 22.2 Å². The summed E-state index contributed by atoms with van der Waals surface area (Å²) in [6.45, 7) is -1.56. The molecule has 2 bridgehead atoms. The van der Waals surface area contributed by atoms with Crippen molar-refractivity contribution in [1.29, 1.82) is 0 Å². The molecule has 200 valence electrons. The van der Waals surface area contributed by atoms with Crippen molar-refractivity contribution in [3.63, 3.8) is 0 Å². The summed E-state index contributed by atoms with van der Waals surface area (Å²) in [4.78, 5) is 27.9. The van der Waals surface area contributed by atoms with Crippen LogP contribution >= 0.6 is 0 Å². The Hall–Kier alpha value is -4.08. The van der Waals surface area contributed by atoms with Crippen LogP contribution in [-0.4, -0.2) is 50.3 Å². The number of halogens is 2. The standard InChI is InChI=1S/C29H27F2N5O3/c30-28(31)39-24-4-2-1-3-20(24)22-9-10-25-34-21-8-7-16(11-23(21)36(22)25)19-12-32-29(33-13-19)35-14-17-5-6-18(15-35)26(17)27(37)38/h1-4,7-8,11-13,17-18,22,26,28H,5-6,9-10,14-15H2,(H,37,38)/t17-,18+,22-,26?/m1/s1. The third kappa shape index (κ3) is 4.09. The van der Waals surface area contributed by atoms with Gasteiger partial charge in [-0.25, -0.2) is 15.0 Å². The van der Waals surface area contributed by atoms with E-state index in [4.69, 9.17) is 9.72 Å². The molecule has 8 nitrogen and oxygen atoms in total. The zero-order valence-electron chi connectivity index (χ0n) is 21.1. The van der Waals surface area contributed by atoms with Crippen LogP contribution < -0.4 is 9.64 Å². The van der Waals surface area contributed by atoms with Gasteiger partial charge in [-0.2, -0.15) is 8.78 Å². The third-order valence-electron chi connectivity index (χ3n) is 8.58. The minimum absolute atomic E-state index is 0.139. The van der Waals surface area contributed by atoms with Crippen LogP contribution in [0.5, 0.6) is 5.75 Å². The van der Waals surface area contributed by atoms with Gasteiger partial charge in [0.2, 0.25) is 5.95 Å². The molecule has 7 rings (SSSR count). The molecule has 2 aromatic heterocycles. The highest BCUT2D eigenvalue weighted by atomic mass is 19.3. The fourth-order valence-corrected chi connectivity index (χ4v) is 6.92. The number of rotatable bonds is 6. The number of aromatic nitrogens is 4. The molecule has 1 saturated carbocycles. The van der Waals surface area contributed by atoms with Gasteiger partial charge < -0.3 is 19.3 Å². The second-order valence-electron chi connectivity index (χ2n) is 10.7. The first kappa shape index (κ1) is 24.0. The third-order valence-corrected chi connectivity index (χ3v) is 8.58. The Kier molecular flexibility index (Phi) is 5.71. The first-order valence-corrected chi connectivity index (χ1v) is 13.3. The Morgan fingerprint density at radius 3 is 2.46 bits per heavy atom. The van der Waals surface area contributed by atoms with Crippen molar-refractivity contribution in [2.24, 2.45) is 17.8 Å². The summed E-state index contributed by atoms with van der Waals surface area (Å²) in [6.07, 6.45) is 6.98. The summed E-state index contributed by atoms with van der Waals surface area (Å²) in [5.41, 5.74) is 4.28. The van der Waals surface area contributed by atoms with Crippen molar-refractivity contribution >= 4 is 23.0 Å². The Morgan fingerprint density at radius 1 is 1.00 bits per heavy atom. The molecule has 39 heavy (non-hydrogen) atoms. The second kappa shape index (κ2) is 9.29. The average molecular weight is 532 g/mol. The lowest BCUT2D eigenvalue weighted by Crippen LogP contribution is -2.45. The lowest BCUT2D eigenvalue weighted by molar-refractivity contribution is -0.144. The van der Waals surface area contributed by atoms with Gasteiger partial charge in [-0.3, -0.25) is 4.79 Å². The van der Waals surface area contributed by atoms with E-state index < -0.39 is 12.6 Å². The second-order valence-corrected chi connectivity index (χ2v) is 10.7. The Balaban J connectivity index is 1.18. The highest BCUT2D eigenvalue weighted by Crippen LogP contribution is 2.43. The van der Waals surface area contributed by atoms with Crippen molar-refractivity contribution in [3.8, 4) is 16.9 Å². The summed E-state index contributed by atoms with van der Waals surface area (Å²) >= 11 is 0. The number of alkyl halides is 2. The summed E-state index contributed by atoms with van der Waals surface area (Å²) in [6, 6.07) is 12.8. The molecular formula is C29H27F2N5O3. The number of carboxylic acids is 1. The van der Waals surface area contributed by atoms with Gasteiger partial charge in [0.05, 0.1) is 23.0 Å². The minimum Gasteiger partial charge on any atom is -0.481 e. The number of aryl methyl sites for hydroxylation is 1. The van der Waals surface area contributed by atoms with Gasteiger partial charge in [0.1, 0.15) is 11.6 Å². The van der Waals surface area contributed by atoms with Crippen LogP contribution in [0.3, 0.4) is 0 Å². The number of piperidine rings is 1. The van der Waals surface area contributed by atoms with E-state index in [0.29, 0.717) is 19.0 Å². The zero-order chi connectivity index (χ0) is 26.7. The molecule has 1 aliphatic carbocycles. The van der Waals surface area contributed by atoms with E-state index in [2.05, 4.69) is 25.5 Å². The highest BCUT2D eigenvalue weighted by molar-refractivity contribution is 5.83. The minimum atomic E-state index is -2.89. The summed E-state index contributed by atoms with van der Waals surface area (Å²) < 4.78 is 33.1. The van der Waals surface area contributed by atoms with Gasteiger partial charge in [-0.15, -0.1) is 0 Å². The number of anilines is 1. The van der Waals surface area contributed by atoms with Crippen molar-refractivity contribution in [2.45, 2.75) is 38.3 Å². The lowest BCUT2D eigenvalue weighted by atomic mass is 9.85. The Bertz CT molecular complexity index is 1540. The van der Waals surface area contributed by atoms with Crippen molar-refractivity contribution in [3.05, 3.63) is 66.2 Å². The number of carbonyl (C=O) groups is 1. The van der Waals surface area contributed by atoms with Crippen molar-refractivity contribution in [2.75, 3.05) is 18.0 Å². The number of benzene rings is 2. The van der Waals surface area contributed by atoms with Gasteiger partial charge in [0.25, 0.3) is 0 Å². The Morgan fingerprint density at radius 2 is 1.74 bits per heavy atom. The van der Waals surface area contributed by atoms with E-state index >= 15 is 0 Å². The number of ether oxygens (including phenoxy) is 1. The fourth-order valence-electron chi connectivity index (χ4n) is 6.92. The SMILES string of the molecule is O=C(O)C1[C@@H]2CC[C@H]1CN(c1ncc(-c3ccc4nc5n(c4c3)[C@@H](c3ccccc3OC(F)F)CC5)cn1)C2. The predicted molar refractivity (Wildman–Crippen MR) is 140 cm³/mol. The monoisotopic (exact) mass is 531 g/mol. The van der Waals surface area contributed by atoms with Crippen molar-refractivity contribution < 1.29 is 23.4 Å². The summed E-state index contributed by atoms with van der Waals surface area (Å²) in [5.74, 6) is 1.06. The first-order valence-electron chi connectivity index (χ1n) is 13.3. The number of para-hydroxylation sites is 1. The quantitative estimate of drug-likeness (QED) is 0.367. The van der Waals surface area contributed by atoms with E-state index in [9.17, 15) is 18.7 Å². The largest absolute Gasteiger partial charge is 0.481 e. The number of nitrogens with zero attached hydrogens (tertiary/aromatic N) is 5. The molecule has 10 heteroatoms. The van der Waals surface area contributed by atoms with Crippen LogP contribution in [0.4, 0.5) is 14.7 Å². The normalized spacial score (nSPS) is 23.9. The molecule has 1 unspecified atom stereocenters. The maximum atomic E-state index is 13.1. The zero-order valence-corrected chi connectivity index (χ0v) is 21.1. The van der Waals surface area contributed by atoms with Gasteiger partial charge in [0, 0.05) is 43.0 Å². The molecule has 3 aliphatic rings. The van der Waals surface area contributed by atoms with Crippen LogP contribution in [0, 0.1) is 17.8 Å². The maximum absolute atomic E-state index is 13.1. The van der Waals surface area contributed by atoms with Gasteiger partial charge >= 0.3 is 12.6 Å². The number of fused-ring (bicyclic) bond motifs is 5. The van der Waals surface area contributed by atoms with E-state index in [1.165, 1.54) is 0 Å². The van der Waals surface area contributed by atoms with Gasteiger partial charge in [0.15, 0.2) is 0 Å². The fraction of sp³-hybridized carbons (Fsp3) is 0.379. The maximum Gasteiger partial charge on any atom is 0.387 e. The molecule has 4 heterocycles. The topological polar surface area (TPSA) is 93.4 Å². The van der Waals surface area contributed by atoms with E-state index in [1.54, 1.807) is 24.5 Å². The summed E-state index contributed by atoms with van der Waals surface area (Å²) in [5, 5.41) is 9.59. The molecule has 2 aromatic carbocycles. The number of carboxylic acid groups (broad SMARTS) is 1. The number of imidazole rings is 1. The first-order chi connectivity index (χ1) is 19.0.